The van der Waals surface area contributed by atoms with Crippen molar-refractivity contribution in [3.63, 3.8) is 0 Å². The molecule has 1 aromatic carbocycles. The summed E-state index contributed by atoms with van der Waals surface area (Å²) in [5.74, 6) is 0.767. The minimum atomic E-state index is -3.31. The average Bonchev–Trinajstić information content (AvgIpc) is 3.45. The highest BCUT2D eigenvalue weighted by Gasteiger charge is 2.38. The van der Waals surface area contributed by atoms with E-state index >= 15 is 0 Å². The second-order valence-electron chi connectivity index (χ2n) is 10.2. The number of anilines is 1. The van der Waals surface area contributed by atoms with Gasteiger partial charge in [-0.2, -0.15) is 0 Å². The summed E-state index contributed by atoms with van der Waals surface area (Å²) in [6.07, 6.45) is 5.77. The summed E-state index contributed by atoms with van der Waals surface area (Å²) in [6.45, 7) is 4.39. The molecule has 0 bridgehead atoms. The van der Waals surface area contributed by atoms with Crippen molar-refractivity contribution < 1.29 is 17.9 Å². The van der Waals surface area contributed by atoms with E-state index in [0.29, 0.717) is 34.0 Å². The number of fused-ring (bicyclic) bond motifs is 2. The molecular weight excluding hydrogens is 518 g/mol. The summed E-state index contributed by atoms with van der Waals surface area (Å²) in [6, 6.07) is 10.9. The average molecular weight is 548 g/mol. The predicted molar refractivity (Wildman–Crippen MR) is 145 cm³/mol. The van der Waals surface area contributed by atoms with Crippen LogP contribution in [0.4, 0.5) is 5.69 Å². The fraction of sp³-hybridized carbons (Fsp3) is 0.462. The zero-order valence-corrected chi connectivity index (χ0v) is 22.9. The standard InChI is InChI=1S/C26H30ClN3O4S2/c1-26(2,36(3,32)33)17-7-8-20-16(11-17)12-21(35-20)25(31)29-18-13-22(27)30-23(14-18)34-19-6-4-5-15-9-10-28-24(15)19/h7-8,11-15,19,24,28H,4-6,9-10H2,1-3H3,(H,29,30,31). The number of amides is 1. The number of nitrogens with zero attached hydrogens (tertiary/aromatic N) is 1. The molecule has 36 heavy (non-hydrogen) atoms. The van der Waals surface area contributed by atoms with Gasteiger partial charge < -0.3 is 15.4 Å². The van der Waals surface area contributed by atoms with E-state index in [1.165, 1.54) is 30.4 Å². The van der Waals surface area contributed by atoms with Crippen LogP contribution in [0.3, 0.4) is 0 Å². The highest BCUT2D eigenvalue weighted by atomic mass is 35.5. The van der Waals surface area contributed by atoms with Crippen LogP contribution in [-0.4, -0.2) is 44.3 Å². The molecule has 10 heteroatoms. The molecule has 3 aromatic rings. The molecule has 1 aliphatic heterocycles. The van der Waals surface area contributed by atoms with Gasteiger partial charge in [0.25, 0.3) is 5.91 Å². The van der Waals surface area contributed by atoms with Crippen molar-refractivity contribution in [1.29, 1.82) is 0 Å². The first kappa shape index (κ1) is 25.4. The monoisotopic (exact) mass is 547 g/mol. The number of ether oxygens (including phenoxy) is 1. The smallest absolute Gasteiger partial charge is 0.265 e. The van der Waals surface area contributed by atoms with E-state index in [4.69, 9.17) is 16.3 Å². The van der Waals surface area contributed by atoms with E-state index < -0.39 is 14.6 Å². The predicted octanol–water partition coefficient (Wildman–Crippen LogP) is 5.39. The van der Waals surface area contributed by atoms with Gasteiger partial charge in [-0.25, -0.2) is 13.4 Å². The molecule has 3 atom stereocenters. The van der Waals surface area contributed by atoms with Crippen molar-refractivity contribution in [3.8, 4) is 5.88 Å². The maximum atomic E-state index is 13.1. The van der Waals surface area contributed by atoms with E-state index in [0.717, 1.165) is 29.5 Å². The lowest BCUT2D eigenvalue weighted by Crippen LogP contribution is -2.45. The first-order chi connectivity index (χ1) is 17.0. The molecular formula is C26H30ClN3O4S2. The lowest BCUT2D eigenvalue weighted by Gasteiger charge is -2.33. The van der Waals surface area contributed by atoms with E-state index in [9.17, 15) is 13.2 Å². The van der Waals surface area contributed by atoms with Crippen LogP contribution in [0.15, 0.2) is 36.4 Å². The highest BCUT2D eigenvalue weighted by molar-refractivity contribution is 7.91. The molecule has 192 valence electrons. The number of rotatable bonds is 6. The summed E-state index contributed by atoms with van der Waals surface area (Å²) >= 11 is 7.61. The van der Waals surface area contributed by atoms with Crippen LogP contribution in [0.25, 0.3) is 10.1 Å². The Bertz CT molecular complexity index is 1420. The Morgan fingerprint density at radius 2 is 2.00 bits per heavy atom. The Morgan fingerprint density at radius 3 is 2.78 bits per heavy atom. The molecule has 2 aromatic heterocycles. The van der Waals surface area contributed by atoms with Gasteiger partial charge in [-0.3, -0.25) is 4.79 Å². The molecule has 0 radical (unpaired) electrons. The van der Waals surface area contributed by atoms with Crippen LogP contribution in [0.5, 0.6) is 5.88 Å². The van der Waals surface area contributed by atoms with E-state index in [-0.39, 0.29) is 17.2 Å². The van der Waals surface area contributed by atoms with Crippen molar-refractivity contribution in [2.45, 2.75) is 56.4 Å². The number of carbonyl (C=O) groups is 1. The quantitative estimate of drug-likeness (QED) is 0.401. The number of nitrogens with one attached hydrogen (secondary N) is 2. The van der Waals surface area contributed by atoms with Crippen molar-refractivity contribution in [3.05, 3.63) is 52.0 Å². The van der Waals surface area contributed by atoms with Gasteiger partial charge in [-0.15, -0.1) is 11.3 Å². The first-order valence-corrected chi connectivity index (χ1v) is 15.2. The molecule has 3 unspecified atom stereocenters. The number of hydrogen-bond donors (Lipinski definition) is 2. The molecule has 1 saturated carbocycles. The Morgan fingerprint density at radius 1 is 1.19 bits per heavy atom. The first-order valence-electron chi connectivity index (χ1n) is 12.1. The molecule has 1 saturated heterocycles. The maximum Gasteiger partial charge on any atom is 0.265 e. The second-order valence-corrected chi connectivity index (χ2v) is 14.3. The third-order valence-electron chi connectivity index (χ3n) is 7.53. The Hall–Kier alpha value is -2.20. The van der Waals surface area contributed by atoms with Gasteiger partial charge in [0.1, 0.15) is 11.3 Å². The van der Waals surface area contributed by atoms with Gasteiger partial charge in [-0.1, -0.05) is 17.7 Å². The molecule has 2 fully saturated rings. The van der Waals surface area contributed by atoms with Crippen LogP contribution in [0.1, 0.15) is 54.8 Å². The van der Waals surface area contributed by atoms with E-state index in [2.05, 4.69) is 15.6 Å². The Labute approximate surface area is 220 Å². The number of sulfone groups is 1. The van der Waals surface area contributed by atoms with Gasteiger partial charge in [0.05, 0.1) is 9.62 Å². The van der Waals surface area contributed by atoms with Crippen LogP contribution in [0, 0.1) is 5.92 Å². The van der Waals surface area contributed by atoms with Gasteiger partial charge in [0, 0.05) is 28.8 Å². The van der Waals surface area contributed by atoms with Gasteiger partial charge in [0.15, 0.2) is 9.84 Å². The summed E-state index contributed by atoms with van der Waals surface area (Å²) in [5, 5.41) is 7.54. The van der Waals surface area contributed by atoms with Crippen LogP contribution in [-0.2, 0) is 14.6 Å². The third kappa shape index (κ3) is 4.98. The minimum Gasteiger partial charge on any atom is -0.473 e. The number of pyridine rings is 1. The number of hydrogen-bond acceptors (Lipinski definition) is 7. The number of aromatic nitrogens is 1. The zero-order chi connectivity index (χ0) is 25.7. The largest absolute Gasteiger partial charge is 0.473 e. The minimum absolute atomic E-state index is 0.0359. The third-order valence-corrected chi connectivity index (χ3v) is 10.9. The second kappa shape index (κ2) is 9.59. The molecule has 1 amide bonds. The van der Waals surface area contributed by atoms with Gasteiger partial charge >= 0.3 is 0 Å². The van der Waals surface area contributed by atoms with Crippen LogP contribution < -0.4 is 15.4 Å². The topological polar surface area (TPSA) is 97.4 Å². The lowest BCUT2D eigenvalue weighted by atomic mass is 9.83. The fourth-order valence-electron chi connectivity index (χ4n) is 5.13. The highest BCUT2D eigenvalue weighted by Crippen LogP contribution is 2.35. The molecule has 7 nitrogen and oxygen atoms in total. The molecule has 0 spiro atoms. The fourth-order valence-corrected chi connectivity index (χ4v) is 6.82. The van der Waals surface area contributed by atoms with Crippen molar-refractivity contribution >= 4 is 54.5 Å². The lowest BCUT2D eigenvalue weighted by molar-refractivity contribution is 0.0950. The number of halogens is 1. The van der Waals surface area contributed by atoms with E-state index in [1.54, 1.807) is 32.0 Å². The molecule has 2 N–H and O–H groups in total. The maximum absolute atomic E-state index is 13.1. The zero-order valence-electron chi connectivity index (χ0n) is 20.5. The summed E-state index contributed by atoms with van der Waals surface area (Å²) in [7, 11) is -3.31. The molecule has 1 aliphatic carbocycles. The van der Waals surface area contributed by atoms with E-state index in [1.807, 2.05) is 18.2 Å². The summed E-state index contributed by atoms with van der Waals surface area (Å²) in [5.41, 5.74) is 1.20. The number of thiophene rings is 1. The molecule has 2 aliphatic rings. The number of benzene rings is 1. The molecule has 5 rings (SSSR count). The Kier molecular flexibility index (Phi) is 6.78. The Balaban J connectivity index is 1.34. The van der Waals surface area contributed by atoms with Crippen LogP contribution >= 0.6 is 22.9 Å². The van der Waals surface area contributed by atoms with Gasteiger partial charge in [-0.05, 0) is 87.2 Å². The summed E-state index contributed by atoms with van der Waals surface area (Å²) < 4.78 is 30.6. The van der Waals surface area contributed by atoms with Crippen molar-refractivity contribution in [2.75, 3.05) is 18.1 Å². The van der Waals surface area contributed by atoms with Gasteiger partial charge in [0.2, 0.25) is 5.88 Å². The summed E-state index contributed by atoms with van der Waals surface area (Å²) in [4.78, 5) is 17.9. The number of carbonyl (C=O) groups excluding carboxylic acids is 1. The SMILES string of the molecule is CC(C)(c1ccc2sc(C(=O)Nc3cc(Cl)nc(OC4CCCC5CCNC54)c3)cc2c1)S(C)(=O)=O. The normalized spacial score (nSPS) is 22.4. The van der Waals surface area contributed by atoms with Crippen molar-refractivity contribution in [1.82, 2.24) is 10.3 Å². The van der Waals surface area contributed by atoms with Crippen LogP contribution in [0.2, 0.25) is 5.15 Å². The molecule has 3 heterocycles. The van der Waals surface area contributed by atoms with Crippen molar-refractivity contribution in [2.24, 2.45) is 5.92 Å².